The summed E-state index contributed by atoms with van der Waals surface area (Å²) in [6.45, 7) is 0. The summed E-state index contributed by atoms with van der Waals surface area (Å²) < 4.78 is 0. The van der Waals surface area contributed by atoms with E-state index in [2.05, 4.69) is 0 Å². The minimum Gasteiger partial charge on any atom is -0.506 e. The van der Waals surface area contributed by atoms with E-state index in [1.54, 1.807) is 6.07 Å². The van der Waals surface area contributed by atoms with E-state index in [0.29, 0.717) is 11.2 Å². The molecular formula is C7H6O2S. The summed E-state index contributed by atoms with van der Waals surface area (Å²) in [6, 6.07) is 3.56. The number of carbonyl (C=O) groups is 1. The van der Waals surface area contributed by atoms with Crippen molar-refractivity contribution in [3.63, 3.8) is 0 Å². The van der Waals surface area contributed by atoms with Crippen molar-refractivity contribution in [2.24, 2.45) is 0 Å². The summed E-state index contributed by atoms with van der Waals surface area (Å²) in [7, 11) is 0. The van der Waals surface area contributed by atoms with Crippen LogP contribution in [0, 0.1) is 0 Å². The maximum absolute atomic E-state index is 9.88. The fourth-order valence-corrected chi connectivity index (χ4v) is 1.22. The molecule has 1 aromatic heterocycles. The summed E-state index contributed by atoms with van der Waals surface area (Å²) in [5.74, 6) is 0.0324. The van der Waals surface area contributed by atoms with Gasteiger partial charge in [0.15, 0.2) is 0 Å². The topological polar surface area (TPSA) is 37.3 Å². The van der Waals surface area contributed by atoms with Crippen LogP contribution in [-0.2, 0) is 4.79 Å². The van der Waals surface area contributed by atoms with Gasteiger partial charge in [-0.25, -0.2) is 0 Å². The van der Waals surface area contributed by atoms with E-state index in [1.807, 2.05) is 11.4 Å². The number of hydrogen-bond donors (Lipinski definition) is 1. The molecule has 0 fully saturated rings. The van der Waals surface area contributed by atoms with Crippen LogP contribution in [0.15, 0.2) is 23.6 Å². The SMILES string of the molecule is O=C/C=C(\O)c1cccs1. The number of carbonyl (C=O) groups excluding carboxylic acids is 1. The van der Waals surface area contributed by atoms with Crippen molar-refractivity contribution in [1.82, 2.24) is 0 Å². The smallest absolute Gasteiger partial charge is 0.146 e. The Morgan fingerprint density at radius 1 is 1.70 bits per heavy atom. The third kappa shape index (κ3) is 1.45. The monoisotopic (exact) mass is 154 g/mol. The van der Waals surface area contributed by atoms with Gasteiger partial charge in [0.05, 0.1) is 4.88 Å². The molecule has 0 aliphatic carbocycles. The van der Waals surface area contributed by atoms with E-state index < -0.39 is 0 Å². The van der Waals surface area contributed by atoms with Crippen LogP contribution in [0.25, 0.3) is 5.76 Å². The van der Waals surface area contributed by atoms with Crippen LogP contribution < -0.4 is 0 Å². The molecule has 0 radical (unpaired) electrons. The average molecular weight is 154 g/mol. The molecule has 2 nitrogen and oxygen atoms in total. The van der Waals surface area contributed by atoms with Crippen LogP contribution in [-0.4, -0.2) is 11.4 Å². The lowest BCUT2D eigenvalue weighted by Gasteiger charge is -1.88. The maximum atomic E-state index is 9.88. The summed E-state index contributed by atoms with van der Waals surface area (Å²) in [4.78, 5) is 10.6. The van der Waals surface area contributed by atoms with Crippen LogP contribution in [0.4, 0.5) is 0 Å². The third-order valence-electron chi connectivity index (χ3n) is 1.000. The number of thiophene rings is 1. The first-order chi connectivity index (χ1) is 4.84. The zero-order valence-corrected chi connectivity index (χ0v) is 5.97. The largest absolute Gasteiger partial charge is 0.506 e. The Morgan fingerprint density at radius 3 is 3.00 bits per heavy atom. The third-order valence-corrected chi connectivity index (χ3v) is 1.89. The van der Waals surface area contributed by atoms with Crippen LogP contribution in [0.3, 0.4) is 0 Å². The predicted octanol–water partition coefficient (Wildman–Crippen LogP) is 1.85. The molecule has 0 atom stereocenters. The van der Waals surface area contributed by atoms with Gasteiger partial charge in [0.25, 0.3) is 0 Å². The molecule has 1 aromatic rings. The van der Waals surface area contributed by atoms with E-state index in [4.69, 9.17) is 5.11 Å². The number of aliphatic hydroxyl groups is 1. The molecule has 0 amide bonds. The maximum Gasteiger partial charge on any atom is 0.146 e. The minimum absolute atomic E-state index is 0.0324. The second-order valence-corrected chi connectivity index (χ2v) is 2.61. The Bertz CT molecular complexity index is 236. The first kappa shape index (κ1) is 7.02. The van der Waals surface area contributed by atoms with Gasteiger partial charge in [0.1, 0.15) is 12.0 Å². The molecule has 3 heteroatoms. The molecule has 0 saturated carbocycles. The highest BCUT2D eigenvalue weighted by Gasteiger charge is 1.96. The Morgan fingerprint density at radius 2 is 2.50 bits per heavy atom. The summed E-state index contributed by atoms with van der Waals surface area (Å²) in [5, 5.41) is 10.9. The molecule has 1 rings (SSSR count). The first-order valence-electron chi connectivity index (χ1n) is 2.73. The lowest BCUT2D eigenvalue weighted by molar-refractivity contribution is -0.104. The first-order valence-corrected chi connectivity index (χ1v) is 3.61. The van der Waals surface area contributed by atoms with Crippen molar-refractivity contribution >= 4 is 23.4 Å². The van der Waals surface area contributed by atoms with Gasteiger partial charge < -0.3 is 5.11 Å². The number of allylic oxidation sites excluding steroid dienone is 1. The average Bonchev–Trinajstić information content (AvgIpc) is 2.38. The van der Waals surface area contributed by atoms with Crippen molar-refractivity contribution in [1.29, 1.82) is 0 Å². The number of aliphatic hydroxyl groups excluding tert-OH is 1. The van der Waals surface area contributed by atoms with E-state index in [-0.39, 0.29) is 5.76 Å². The van der Waals surface area contributed by atoms with Crippen molar-refractivity contribution in [2.75, 3.05) is 0 Å². The lowest BCUT2D eigenvalue weighted by Crippen LogP contribution is -1.75. The van der Waals surface area contributed by atoms with Crippen molar-refractivity contribution in [3.05, 3.63) is 28.5 Å². The molecule has 0 bridgehead atoms. The second kappa shape index (κ2) is 3.17. The molecule has 0 aromatic carbocycles. The lowest BCUT2D eigenvalue weighted by atomic mass is 10.4. The van der Waals surface area contributed by atoms with Gasteiger partial charge >= 0.3 is 0 Å². The van der Waals surface area contributed by atoms with Crippen molar-refractivity contribution in [2.45, 2.75) is 0 Å². The molecule has 0 saturated heterocycles. The molecule has 10 heavy (non-hydrogen) atoms. The van der Waals surface area contributed by atoms with Crippen molar-refractivity contribution in [3.8, 4) is 0 Å². The Labute approximate surface area is 62.4 Å². The van der Waals surface area contributed by atoms with Gasteiger partial charge in [-0.3, -0.25) is 4.79 Å². The standard InChI is InChI=1S/C7H6O2S/c8-4-3-6(9)7-2-1-5-10-7/h1-5,9H/b6-3-. The molecule has 0 aliphatic rings. The molecule has 52 valence electrons. The van der Waals surface area contributed by atoms with E-state index >= 15 is 0 Å². The predicted molar refractivity (Wildman–Crippen MR) is 41.0 cm³/mol. The summed E-state index contributed by atoms with van der Waals surface area (Å²) in [5.41, 5.74) is 0. The van der Waals surface area contributed by atoms with Crippen LogP contribution >= 0.6 is 11.3 Å². The molecule has 0 spiro atoms. The van der Waals surface area contributed by atoms with E-state index in [0.717, 1.165) is 6.08 Å². The van der Waals surface area contributed by atoms with E-state index in [1.165, 1.54) is 11.3 Å². The van der Waals surface area contributed by atoms with Gasteiger partial charge in [0, 0.05) is 6.08 Å². The van der Waals surface area contributed by atoms with Gasteiger partial charge in [-0.1, -0.05) is 6.07 Å². The second-order valence-electron chi connectivity index (χ2n) is 1.67. The number of hydrogen-bond acceptors (Lipinski definition) is 3. The van der Waals surface area contributed by atoms with E-state index in [9.17, 15) is 4.79 Å². The molecule has 0 aliphatic heterocycles. The van der Waals surface area contributed by atoms with Crippen LogP contribution in [0.1, 0.15) is 4.88 Å². The molecular weight excluding hydrogens is 148 g/mol. The zero-order valence-electron chi connectivity index (χ0n) is 5.15. The van der Waals surface area contributed by atoms with Gasteiger partial charge in [-0.05, 0) is 11.4 Å². The highest BCUT2D eigenvalue weighted by Crippen LogP contribution is 2.16. The molecule has 1 N–H and O–H groups in total. The van der Waals surface area contributed by atoms with Gasteiger partial charge in [0.2, 0.25) is 0 Å². The fraction of sp³-hybridized carbons (Fsp3) is 0. The summed E-state index contributed by atoms with van der Waals surface area (Å²) >= 11 is 1.39. The van der Waals surface area contributed by atoms with Crippen LogP contribution in [0.5, 0.6) is 0 Å². The fourth-order valence-electron chi connectivity index (χ4n) is 0.571. The number of aldehydes is 1. The minimum atomic E-state index is 0.0324. The quantitative estimate of drug-likeness (QED) is 0.401. The van der Waals surface area contributed by atoms with Gasteiger partial charge in [-0.15, -0.1) is 11.3 Å². The normalized spacial score (nSPS) is 11.4. The van der Waals surface area contributed by atoms with Gasteiger partial charge in [-0.2, -0.15) is 0 Å². The Balaban J connectivity index is 2.86. The van der Waals surface area contributed by atoms with Crippen molar-refractivity contribution < 1.29 is 9.90 Å². The zero-order chi connectivity index (χ0) is 7.40. The Kier molecular flexibility index (Phi) is 2.23. The molecule has 1 heterocycles. The highest BCUT2D eigenvalue weighted by atomic mass is 32.1. The highest BCUT2D eigenvalue weighted by molar-refractivity contribution is 7.11. The summed E-state index contributed by atoms with van der Waals surface area (Å²) in [6.07, 6.45) is 1.70. The number of rotatable bonds is 2. The Hall–Kier alpha value is -1.09. The van der Waals surface area contributed by atoms with Crippen LogP contribution in [0.2, 0.25) is 0 Å². The molecule has 0 unspecified atom stereocenters.